The molecule has 0 spiro atoms. The molecular formula is C11H15ClN4. The second-order valence-corrected chi connectivity index (χ2v) is 4.90. The minimum Gasteiger partial charge on any atom is -0.366 e. The summed E-state index contributed by atoms with van der Waals surface area (Å²) in [6, 6.07) is 3.00. The van der Waals surface area contributed by atoms with E-state index in [1.807, 2.05) is 0 Å². The number of nitrogens with one attached hydrogen (secondary N) is 1. The van der Waals surface area contributed by atoms with E-state index in [4.69, 9.17) is 11.6 Å². The van der Waals surface area contributed by atoms with Gasteiger partial charge in [0.1, 0.15) is 17.3 Å². The second-order valence-electron chi connectivity index (χ2n) is 4.51. The monoisotopic (exact) mass is 238 g/mol. The van der Waals surface area contributed by atoms with E-state index in [2.05, 4.69) is 20.2 Å². The number of fused-ring (bicyclic) bond motifs is 1. The lowest BCUT2D eigenvalue weighted by molar-refractivity contribution is 0.318. The zero-order chi connectivity index (χ0) is 11.0. The summed E-state index contributed by atoms with van der Waals surface area (Å²) < 4.78 is 0. The Morgan fingerprint density at radius 2 is 2.25 bits per heavy atom. The number of hydrogen-bond acceptors (Lipinski definition) is 4. The van der Waals surface area contributed by atoms with E-state index in [1.165, 1.54) is 38.7 Å². The molecule has 86 valence electrons. The fourth-order valence-corrected chi connectivity index (χ4v) is 3.00. The van der Waals surface area contributed by atoms with Gasteiger partial charge in [-0.05, 0) is 25.8 Å². The quantitative estimate of drug-likeness (QED) is 0.798. The summed E-state index contributed by atoms with van der Waals surface area (Å²) in [7, 11) is 0. The third-order valence-electron chi connectivity index (χ3n) is 3.57. The highest BCUT2D eigenvalue weighted by atomic mass is 35.5. The zero-order valence-corrected chi connectivity index (χ0v) is 9.82. The molecule has 2 aliphatic heterocycles. The molecule has 4 nitrogen and oxygen atoms in total. The topological polar surface area (TPSA) is 41.0 Å². The molecule has 3 heterocycles. The Hall–Kier alpha value is -0.870. The van der Waals surface area contributed by atoms with Crippen molar-refractivity contribution in [2.75, 3.05) is 18.4 Å². The summed E-state index contributed by atoms with van der Waals surface area (Å²) in [5, 5.41) is 3.97. The molecule has 3 rings (SSSR count). The summed E-state index contributed by atoms with van der Waals surface area (Å²) in [6.45, 7) is 2.47. The molecule has 5 heteroatoms. The lowest BCUT2D eigenvalue weighted by atomic mass is 10.1. The van der Waals surface area contributed by atoms with E-state index in [9.17, 15) is 0 Å². The first kappa shape index (κ1) is 10.3. The Labute approximate surface area is 100 Å². The minimum atomic E-state index is 0.499. The Balaban J connectivity index is 1.71. The number of aromatic nitrogens is 2. The SMILES string of the molecule is Clc1cc(NC2CCN3CCCC23)ncn1. The van der Waals surface area contributed by atoms with E-state index >= 15 is 0 Å². The number of hydrogen-bond donors (Lipinski definition) is 1. The van der Waals surface area contributed by atoms with Crippen LogP contribution in [0.2, 0.25) is 5.15 Å². The van der Waals surface area contributed by atoms with Crippen LogP contribution in [0.15, 0.2) is 12.4 Å². The standard InChI is InChI=1S/C11H15ClN4/c12-10-6-11(14-7-13-10)15-8-3-5-16-4-1-2-9(8)16/h6-9H,1-5H2,(H,13,14,15). The van der Waals surface area contributed by atoms with E-state index in [1.54, 1.807) is 6.07 Å². The normalized spacial score (nSPS) is 29.3. The average molecular weight is 239 g/mol. The summed E-state index contributed by atoms with van der Waals surface area (Å²) in [5.74, 6) is 0.846. The molecule has 1 aromatic rings. The molecule has 0 aliphatic carbocycles. The van der Waals surface area contributed by atoms with Crippen molar-refractivity contribution in [2.24, 2.45) is 0 Å². The Kier molecular flexibility index (Phi) is 2.69. The highest BCUT2D eigenvalue weighted by Crippen LogP contribution is 2.29. The van der Waals surface area contributed by atoms with E-state index in [-0.39, 0.29) is 0 Å². The molecule has 2 aliphatic rings. The predicted octanol–water partition coefficient (Wildman–Crippen LogP) is 1.78. The molecule has 2 fully saturated rings. The van der Waals surface area contributed by atoms with Crippen LogP contribution >= 0.6 is 11.6 Å². The Morgan fingerprint density at radius 3 is 3.12 bits per heavy atom. The van der Waals surface area contributed by atoms with Gasteiger partial charge in [-0.25, -0.2) is 9.97 Å². The van der Waals surface area contributed by atoms with Crippen LogP contribution in [0, 0.1) is 0 Å². The second kappa shape index (κ2) is 4.18. The van der Waals surface area contributed by atoms with Gasteiger partial charge in [-0.15, -0.1) is 0 Å². The van der Waals surface area contributed by atoms with Gasteiger partial charge in [-0.2, -0.15) is 0 Å². The third-order valence-corrected chi connectivity index (χ3v) is 3.78. The minimum absolute atomic E-state index is 0.499. The van der Waals surface area contributed by atoms with Crippen LogP contribution in [0.5, 0.6) is 0 Å². The van der Waals surface area contributed by atoms with Gasteiger partial charge >= 0.3 is 0 Å². The Bertz CT molecular complexity index is 384. The molecule has 0 aromatic carbocycles. The molecule has 2 saturated heterocycles. The summed E-state index contributed by atoms with van der Waals surface area (Å²) in [4.78, 5) is 10.6. The van der Waals surface area contributed by atoms with Crippen molar-refractivity contribution in [1.29, 1.82) is 0 Å². The van der Waals surface area contributed by atoms with Crippen LogP contribution in [0.3, 0.4) is 0 Å². The largest absolute Gasteiger partial charge is 0.366 e. The van der Waals surface area contributed by atoms with Gasteiger partial charge in [0.25, 0.3) is 0 Å². The van der Waals surface area contributed by atoms with Gasteiger partial charge in [0.15, 0.2) is 0 Å². The number of rotatable bonds is 2. The molecule has 16 heavy (non-hydrogen) atoms. The van der Waals surface area contributed by atoms with Crippen LogP contribution in [-0.2, 0) is 0 Å². The van der Waals surface area contributed by atoms with Crippen molar-refractivity contribution in [3.63, 3.8) is 0 Å². The lowest BCUT2D eigenvalue weighted by Crippen LogP contribution is -2.33. The fraction of sp³-hybridized carbons (Fsp3) is 0.636. The molecule has 0 bridgehead atoms. The molecule has 0 radical (unpaired) electrons. The number of anilines is 1. The lowest BCUT2D eigenvalue weighted by Gasteiger charge is -2.21. The van der Waals surface area contributed by atoms with Crippen molar-refractivity contribution in [3.05, 3.63) is 17.5 Å². The van der Waals surface area contributed by atoms with Gasteiger partial charge in [0.2, 0.25) is 0 Å². The fourth-order valence-electron chi connectivity index (χ4n) is 2.85. The first-order valence-electron chi connectivity index (χ1n) is 5.81. The summed E-state index contributed by atoms with van der Waals surface area (Å²) in [5.41, 5.74) is 0. The smallest absolute Gasteiger partial charge is 0.134 e. The van der Waals surface area contributed by atoms with Gasteiger partial charge in [-0.3, -0.25) is 4.90 Å². The molecule has 2 unspecified atom stereocenters. The van der Waals surface area contributed by atoms with Gasteiger partial charge < -0.3 is 5.32 Å². The maximum atomic E-state index is 5.84. The molecule has 1 aromatic heterocycles. The van der Waals surface area contributed by atoms with E-state index in [0.29, 0.717) is 17.2 Å². The van der Waals surface area contributed by atoms with Crippen LogP contribution in [0.1, 0.15) is 19.3 Å². The van der Waals surface area contributed by atoms with Crippen LogP contribution in [0.4, 0.5) is 5.82 Å². The van der Waals surface area contributed by atoms with Crippen molar-refractivity contribution in [1.82, 2.24) is 14.9 Å². The zero-order valence-electron chi connectivity index (χ0n) is 9.06. The highest BCUT2D eigenvalue weighted by molar-refractivity contribution is 6.29. The Morgan fingerprint density at radius 1 is 1.31 bits per heavy atom. The predicted molar refractivity (Wildman–Crippen MR) is 63.7 cm³/mol. The summed E-state index contributed by atoms with van der Waals surface area (Å²) >= 11 is 5.84. The van der Waals surface area contributed by atoms with Crippen LogP contribution < -0.4 is 5.32 Å². The van der Waals surface area contributed by atoms with Crippen molar-refractivity contribution in [3.8, 4) is 0 Å². The maximum Gasteiger partial charge on any atom is 0.134 e. The molecule has 2 atom stereocenters. The average Bonchev–Trinajstić information content (AvgIpc) is 2.83. The number of nitrogens with zero attached hydrogens (tertiary/aromatic N) is 3. The molecule has 0 amide bonds. The van der Waals surface area contributed by atoms with E-state index in [0.717, 1.165) is 5.82 Å². The highest BCUT2D eigenvalue weighted by Gasteiger charge is 2.37. The maximum absolute atomic E-state index is 5.84. The molecule has 1 N–H and O–H groups in total. The van der Waals surface area contributed by atoms with Crippen LogP contribution in [0.25, 0.3) is 0 Å². The van der Waals surface area contributed by atoms with Gasteiger partial charge in [0, 0.05) is 24.7 Å². The van der Waals surface area contributed by atoms with Gasteiger partial charge in [0.05, 0.1) is 0 Å². The first-order valence-corrected chi connectivity index (χ1v) is 6.19. The van der Waals surface area contributed by atoms with Crippen molar-refractivity contribution < 1.29 is 0 Å². The van der Waals surface area contributed by atoms with Crippen molar-refractivity contribution in [2.45, 2.75) is 31.3 Å². The first-order chi connectivity index (χ1) is 7.83. The van der Waals surface area contributed by atoms with Gasteiger partial charge in [-0.1, -0.05) is 11.6 Å². The third kappa shape index (κ3) is 1.87. The summed E-state index contributed by atoms with van der Waals surface area (Å²) in [6.07, 6.45) is 5.34. The number of halogens is 1. The van der Waals surface area contributed by atoms with E-state index < -0.39 is 0 Å². The molecular weight excluding hydrogens is 224 g/mol. The van der Waals surface area contributed by atoms with Crippen LogP contribution in [-0.4, -0.2) is 40.0 Å². The van der Waals surface area contributed by atoms with Crippen molar-refractivity contribution >= 4 is 17.4 Å². The molecule has 0 saturated carbocycles.